The van der Waals surface area contributed by atoms with Gasteiger partial charge >= 0.3 is 0 Å². The highest BCUT2D eigenvalue weighted by Gasteiger charge is 2.38. The van der Waals surface area contributed by atoms with Gasteiger partial charge in [0.15, 0.2) is 0 Å². The minimum atomic E-state index is -0.539. The molecule has 4 heteroatoms. The summed E-state index contributed by atoms with van der Waals surface area (Å²) in [6.07, 6.45) is 2.54. The lowest BCUT2D eigenvalue weighted by Crippen LogP contribution is -2.36. The highest BCUT2D eigenvalue weighted by atomic mass is 35.5. The fourth-order valence-corrected chi connectivity index (χ4v) is 2.30. The third-order valence-corrected chi connectivity index (χ3v) is 3.31. The molecule has 2 amide bonds. The Kier molecular flexibility index (Phi) is 3.48. The predicted molar refractivity (Wildman–Crippen MR) is 66.1 cm³/mol. The van der Waals surface area contributed by atoms with Crippen molar-refractivity contribution < 1.29 is 9.59 Å². The fourth-order valence-electron chi connectivity index (χ4n) is 1.96. The lowest BCUT2D eigenvalue weighted by molar-refractivity contribution is 0.0628. The molecule has 0 fully saturated rings. The van der Waals surface area contributed by atoms with E-state index in [0.717, 1.165) is 12.8 Å². The normalized spacial score (nSPS) is 16.2. The van der Waals surface area contributed by atoms with E-state index in [1.165, 1.54) is 4.90 Å². The SMILES string of the molecule is CCCCC(Cl)N1C(=O)c2ccccc2C1=O. The van der Waals surface area contributed by atoms with Crippen LogP contribution in [0.15, 0.2) is 24.3 Å². The number of halogens is 1. The third-order valence-electron chi connectivity index (χ3n) is 2.90. The monoisotopic (exact) mass is 251 g/mol. The Labute approximate surface area is 105 Å². The van der Waals surface area contributed by atoms with Gasteiger partial charge in [0.1, 0.15) is 5.50 Å². The maximum absolute atomic E-state index is 12.0. The summed E-state index contributed by atoms with van der Waals surface area (Å²) < 4.78 is 0. The van der Waals surface area contributed by atoms with Gasteiger partial charge in [-0.15, -0.1) is 0 Å². The largest absolute Gasteiger partial charge is 0.269 e. The fraction of sp³-hybridized carbons (Fsp3) is 0.385. The van der Waals surface area contributed by atoms with Crippen molar-refractivity contribution in [1.29, 1.82) is 0 Å². The van der Waals surface area contributed by atoms with Gasteiger partial charge in [-0.25, -0.2) is 0 Å². The first-order chi connectivity index (χ1) is 8.16. The molecule has 0 radical (unpaired) electrons. The number of rotatable bonds is 4. The molecule has 2 rings (SSSR count). The quantitative estimate of drug-likeness (QED) is 0.469. The summed E-state index contributed by atoms with van der Waals surface area (Å²) in [5, 5.41) is 0. The first-order valence-corrected chi connectivity index (χ1v) is 6.21. The number of fused-ring (bicyclic) bond motifs is 1. The number of carbonyl (C=O) groups is 2. The number of alkyl halides is 1. The Morgan fingerprint density at radius 2 is 1.71 bits per heavy atom. The van der Waals surface area contributed by atoms with Crippen molar-refractivity contribution in [3.63, 3.8) is 0 Å². The number of unbranched alkanes of at least 4 members (excludes halogenated alkanes) is 1. The molecule has 0 saturated heterocycles. The summed E-state index contributed by atoms with van der Waals surface area (Å²) in [7, 11) is 0. The van der Waals surface area contributed by atoms with E-state index < -0.39 is 5.50 Å². The smallest absolute Gasteiger partial charge is 0.262 e. The average Bonchev–Trinajstić information content (AvgIpc) is 2.60. The molecule has 0 N–H and O–H groups in total. The van der Waals surface area contributed by atoms with Gasteiger partial charge in [0.05, 0.1) is 11.1 Å². The van der Waals surface area contributed by atoms with Gasteiger partial charge in [0.2, 0.25) is 0 Å². The molecule has 0 spiro atoms. The Balaban J connectivity index is 2.24. The molecule has 17 heavy (non-hydrogen) atoms. The number of carbonyl (C=O) groups excluding carboxylic acids is 2. The molecule has 0 saturated carbocycles. The van der Waals surface area contributed by atoms with Crippen LogP contribution in [0.4, 0.5) is 0 Å². The van der Waals surface area contributed by atoms with Crippen LogP contribution in [0.5, 0.6) is 0 Å². The predicted octanol–water partition coefficient (Wildman–Crippen LogP) is 3.04. The molecule has 1 aromatic carbocycles. The van der Waals surface area contributed by atoms with Crippen LogP contribution >= 0.6 is 11.6 Å². The Bertz CT molecular complexity index is 423. The van der Waals surface area contributed by atoms with Crippen LogP contribution in [0, 0.1) is 0 Å². The van der Waals surface area contributed by atoms with Crippen LogP contribution in [-0.2, 0) is 0 Å². The summed E-state index contributed by atoms with van der Waals surface area (Å²) in [5.41, 5.74) is 0.377. The second kappa shape index (κ2) is 4.88. The van der Waals surface area contributed by atoms with Gasteiger partial charge in [-0.1, -0.05) is 43.5 Å². The van der Waals surface area contributed by atoms with Crippen molar-refractivity contribution in [3.8, 4) is 0 Å². The number of benzene rings is 1. The summed E-state index contributed by atoms with van der Waals surface area (Å²) in [5.74, 6) is -0.552. The van der Waals surface area contributed by atoms with Gasteiger partial charge in [-0.3, -0.25) is 14.5 Å². The van der Waals surface area contributed by atoms with Gasteiger partial charge in [0, 0.05) is 0 Å². The zero-order chi connectivity index (χ0) is 12.4. The van der Waals surface area contributed by atoms with E-state index in [2.05, 4.69) is 0 Å². The van der Waals surface area contributed by atoms with Crippen molar-refractivity contribution in [2.24, 2.45) is 0 Å². The molecule has 1 aromatic rings. The number of nitrogens with zero attached hydrogens (tertiary/aromatic N) is 1. The van der Waals surface area contributed by atoms with Gasteiger partial charge in [0.25, 0.3) is 11.8 Å². The number of hydrogen-bond acceptors (Lipinski definition) is 2. The lowest BCUT2D eigenvalue weighted by Gasteiger charge is -2.19. The molecular formula is C13H14ClNO2. The molecule has 0 aromatic heterocycles. The van der Waals surface area contributed by atoms with E-state index in [9.17, 15) is 9.59 Å². The molecule has 1 heterocycles. The molecule has 0 aliphatic carbocycles. The molecule has 1 atom stereocenters. The van der Waals surface area contributed by atoms with Crippen LogP contribution < -0.4 is 0 Å². The highest BCUT2D eigenvalue weighted by molar-refractivity contribution is 6.28. The average molecular weight is 252 g/mol. The second-order valence-electron chi connectivity index (χ2n) is 4.10. The molecular weight excluding hydrogens is 238 g/mol. The van der Waals surface area contributed by atoms with Crippen LogP contribution in [0.1, 0.15) is 46.9 Å². The van der Waals surface area contributed by atoms with E-state index in [-0.39, 0.29) is 11.8 Å². The van der Waals surface area contributed by atoms with E-state index in [1.807, 2.05) is 6.92 Å². The van der Waals surface area contributed by atoms with Crippen LogP contribution in [0.25, 0.3) is 0 Å². The first-order valence-electron chi connectivity index (χ1n) is 5.77. The zero-order valence-electron chi connectivity index (χ0n) is 9.65. The topological polar surface area (TPSA) is 37.4 Å². The molecule has 0 bridgehead atoms. The Morgan fingerprint density at radius 3 is 2.18 bits per heavy atom. The molecule has 1 aliphatic heterocycles. The highest BCUT2D eigenvalue weighted by Crippen LogP contribution is 2.27. The Morgan fingerprint density at radius 1 is 1.18 bits per heavy atom. The summed E-state index contributed by atoms with van der Waals surface area (Å²) in [6.45, 7) is 2.05. The van der Waals surface area contributed by atoms with E-state index >= 15 is 0 Å². The van der Waals surface area contributed by atoms with Crippen molar-refractivity contribution in [2.75, 3.05) is 0 Å². The second-order valence-corrected chi connectivity index (χ2v) is 4.61. The van der Waals surface area contributed by atoms with Crippen LogP contribution in [0.3, 0.4) is 0 Å². The van der Waals surface area contributed by atoms with E-state index in [4.69, 9.17) is 11.6 Å². The van der Waals surface area contributed by atoms with Gasteiger partial charge < -0.3 is 0 Å². The summed E-state index contributed by atoms with van der Waals surface area (Å²) in [6, 6.07) is 6.84. The van der Waals surface area contributed by atoms with E-state index in [0.29, 0.717) is 17.5 Å². The maximum atomic E-state index is 12.0. The standard InChI is InChI=1S/C13H14ClNO2/c1-2-3-8-11(14)15-12(16)9-6-4-5-7-10(9)13(15)17/h4-7,11H,2-3,8H2,1H3. The maximum Gasteiger partial charge on any atom is 0.262 e. The molecule has 3 nitrogen and oxygen atoms in total. The van der Waals surface area contributed by atoms with Crippen LogP contribution in [-0.4, -0.2) is 22.2 Å². The number of imide groups is 1. The number of hydrogen-bond donors (Lipinski definition) is 0. The lowest BCUT2D eigenvalue weighted by atomic mass is 10.1. The minimum absolute atomic E-state index is 0.276. The van der Waals surface area contributed by atoms with Gasteiger partial charge in [-0.05, 0) is 18.6 Å². The van der Waals surface area contributed by atoms with Crippen molar-refractivity contribution in [2.45, 2.75) is 31.7 Å². The third kappa shape index (κ3) is 2.07. The Hall–Kier alpha value is -1.35. The summed E-state index contributed by atoms with van der Waals surface area (Å²) >= 11 is 6.13. The zero-order valence-corrected chi connectivity index (χ0v) is 10.4. The minimum Gasteiger partial charge on any atom is -0.269 e. The van der Waals surface area contributed by atoms with E-state index in [1.54, 1.807) is 24.3 Å². The molecule has 1 aliphatic rings. The summed E-state index contributed by atoms with van der Waals surface area (Å²) in [4.78, 5) is 25.2. The molecule has 90 valence electrons. The van der Waals surface area contributed by atoms with Gasteiger partial charge in [-0.2, -0.15) is 0 Å². The van der Waals surface area contributed by atoms with Crippen molar-refractivity contribution >= 4 is 23.4 Å². The van der Waals surface area contributed by atoms with Crippen molar-refractivity contribution in [1.82, 2.24) is 4.90 Å². The van der Waals surface area contributed by atoms with Crippen LogP contribution in [0.2, 0.25) is 0 Å². The molecule has 1 unspecified atom stereocenters. The number of amides is 2. The first kappa shape index (κ1) is 12.1. The van der Waals surface area contributed by atoms with Crippen molar-refractivity contribution in [3.05, 3.63) is 35.4 Å².